The molecule has 2 aliphatic heterocycles. The van der Waals surface area contributed by atoms with Crippen molar-refractivity contribution in [2.75, 3.05) is 39.2 Å². The minimum absolute atomic E-state index is 0.00742. The van der Waals surface area contributed by atoms with Gasteiger partial charge in [0.25, 0.3) is 11.8 Å². The molecule has 2 aliphatic rings. The highest BCUT2D eigenvalue weighted by atomic mass is 16.5. The molecule has 0 saturated carbocycles. The van der Waals surface area contributed by atoms with Crippen molar-refractivity contribution < 1.29 is 23.8 Å². The van der Waals surface area contributed by atoms with Gasteiger partial charge in [0.2, 0.25) is 0 Å². The third kappa shape index (κ3) is 4.71. The summed E-state index contributed by atoms with van der Waals surface area (Å²) in [7, 11) is 3.28. The van der Waals surface area contributed by atoms with E-state index in [1.54, 1.807) is 32.4 Å². The highest BCUT2D eigenvalue weighted by Crippen LogP contribution is 2.41. The topological polar surface area (TPSA) is 90.0 Å². The second-order valence-corrected chi connectivity index (χ2v) is 9.05. The summed E-state index contributed by atoms with van der Waals surface area (Å²) in [4.78, 5) is 31.0. The van der Waals surface area contributed by atoms with Crippen molar-refractivity contribution in [2.45, 2.75) is 18.8 Å². The molecule has 8 heteroatoms. The van der Waals surface area contributed by atoms with E-state index in [1.807, 2.05) is 29.4 Å². The number of hydrogen-bond donors (Lipinski definition) is 1. The molecule has 0 spiro atoms. The lowest BCUT2D eigenvalue weighted by Crippen LogP contribution is -2.40. The first-order valence-corrected chi connectivity index (χ1v) is 12.0. The summed E-state index contributed by atoms with van der Waals surface area (Å²) in [5.74, 6) is 2.20. The van der Waals surface area contributed by atoms with Crippen molar-refractivity contribution in [1.82, 2.24) is 9.88 Å². The number of anilines is 1. The third-order valence-electron chi connectivity index (χ3n) is 6.99. The van der Waals surface area contributed by atoms with Gasteiger partial charge in [-0.05, 0) is 72.4 Å². The molecule has 8 nitrogen and oxygen atoms in total. The zero-order valence-electron chi connectivity index (χ0n) is 20.4. The van der Waals surface area contributed by atoms with Crippen LogP contribution in [-0.2, 0) is 4.79 Å². The quantitative estimate of drug-likeness (QED) is 0.563. The lowest BCUT2D eigenvalue weighted by atomic mass is 9.76. The molecular weight excluding hydrogens is 458 g/mol. The maximum atomic E-state index is 13.3. The van der Waals surface area contributed by atoms with E-state index in [4.69, 9.17) is 14.2 Å². The van der Waals surface area contributed by atoms with E-state index in [9.17, 15) is 9.59 Å². The Hall–Kier alpha value is -4.07. The van der Waals surface area contributed by atoms with Crippen molar-refractivity contribution in [3.05, 3.63) is 77.6 Å². The molecule has 1 aromatic heterocycles. The molecule has 2 aromatic carbocycles. The summed E-state index contributed by atoms with van der Waals surface area (Å²) in [5.41, 5.74) is 3.42. The fourth-order valence-electron chi connectivity index (χ4n) is 5.19. The Morgan fingerprint density at radius 1 is 1.00 bits per heavy atom. The Kier molecular flexibility index (Phi) is 6.75. The summed E-state index contributed by atoms with van der Waals surface area (Å²) >= 11 is 0. The highest BCUT2D eigenvalue weighted by molar-refractivity contribution is 5.99. The van der Waals surface area contributed by atoms with Gasteiger partial charge in [-0.2, -0.15) is 0 Å². The number of methoxy groups -OCH3 is 2. The van der Waals surface area contributed by atoms with Crippen LogP contribution in [0.15, 0.2) is 60.9 Å². The van der Waals surface area contributed by atoms with Gasteiger partial charge in [-0.15, -0.1) is 0 Å². The third-order valence-corrected chi connectivity index (χ3v) is 6.99. The van der Waals surface area contributed by atoms with E-state index < -0.39 is 0 Å². The predicted molar refractivity (Wildman–Crippen MR) is 135 cm³/mol. The molecule has 36 heavy (non-hydrogen) atoms. The molecule has 5 rings (SSSR count). The molecule has 3 heterocycles. The Balaban J connectivity index is 1.35. The maximum absolute atomic E-state index is 13.3. The number of nitrogens with zero attached hydrogens (tertiary/aromatic N) is 2. The molecular formula is C28H29N3O5. The standard InChI is InChI=1S/C28H29N3O5/c1-34-24-6-3-20(16-25(24)35-2)27(18-7-11-29-12-8-18)19-9-13-31(14-10-19)28(33)21-4-5-23-22(15-21)30-26(32)17-36-23/h3-8,11-12,15-16,19,27H,9-10,13-14,17H2,1-2H3,(H,30,32)/t27-/m1/s1. The number of aromatic nitrogens is 1. The SMILES string of the molecule is COc1ccc([C@H](c2ccncc2)C2CCN(C(=O)c3ccc4c(c3)NC(=O)CO4)CC2)cc1OC. The lowest BCUT2D eigenvalue weighted by Gasteiger charge is -2.37. The van der Waals surface area contributed by atoms with Gasteiger partial charge in [0, 0.05) is 37.0 Å². The number of ether oxygens (including phenoxy) is 3. The van der Waals surface area contributed by atoms with Crippen LogP contribution in [0.1, 0.15) is 40.2 Å². The maximum Gasteiger partial charge on any atom is 0.262 e. The van der Waals surface area contributed by atoms with Gasteiger partial charge in [-0.25, -0.2) is 0 Å². The number of carbonyl (C=O) groups excluding carboxylic acids is 2. The van der Waals surface area contributed by atoms with Gasteiger partial charge in [0.1, 0.15) is 5.75 Å². The van der Waals surface area contributed by atoms with Gasteiger partial charge >= 0.3 is 0 Å². The summed E-state index contributed by atoms with van der Waals surface area (Å²) in [6.45, 7) is 1.29. The van der Waals surface area contributed by atoms with Crippen LogP contribution in [0.2, 0.25) is 0 Å². The summed E-state index contributed by atoms with van der Waals surface area (Å²) < 4.78 is 16.4. The number of benzene rings is 2. The van der Waals surface area contributed by atoms with E-state index >= 15 is 0 Å². The fourth-order valence-corrected chi connectivity index (χ4v) is 5.19. The second kappa shape index (κ2) is 10.3. The van der Waals surface area contributed by atoms with E-state index in [1.165, 1.54) is 5.56 Å². The Bertz CT molecular complexity index is 1260. The Morgan fingerprint density at radius 2 is 1.75 bits per heavy atom. The molecule has 186 valence electrons. The van der Waals surface area contributed by atoms with E-state index in [2.05, 4.69) is 28.5 Å². The van der Waals surface area contributed by atoms with Crippen LogP contribution in [-0.4, -0.2) is 55.6 Å². The summed E-state index contributed by atoms with van der Waals surface area (Å²) in [6.07, 6.45) is 5.36. The minimum Gasteiger partial charge on any atom is -0.493 e. The van der Waals surface area contributed by atoms with Crippen molar-refractivity contribution in [3.63, 3.8) is 0 Å². The smallest absolute Gasteiger partial charge is 0.262 e. The molecule has 1 saturated heterocycles. The number of likely N-dealkylation sites (tertiary alicyclic amines) is 1. The van der Waals surface area contributed by atoms with Crippen LogP contribution >= 0.6 is 0 Å². The number of fused-ring (bicyclic) bond motifs is 1. The van der Waals surface area contributed by atoms with Crippen molar-refractivity contribution in [1.29, 1.82) is 0 Å². The number of carbonyl (C=O) groups is 2. The molecule has 0 radical (unpaired) electrons. The van der Waals surface area contributed by atoms with Gasteiger partial charge in [-0.3, -0.25) is 14.6 Å². The zero-order chi connectivity index (χ0) is 25.1. The monoisotopic (exact) mass is 487 g/mol. The first-order valence-electron chi connectivity index (χ1n) is 12.0. The number of amides is 2. The van der Waals surface area contributed by atoms with Crippen LogP contribution in [0.5, 0.6) is 17.2 Å². The van der Waals surface area contributed by atoms with Gasteiger partial charge in [0.15, 0.2) is 18.1 Å². The average molecular weight is 488 g/mol. The van der Waals surface area contributed by atoms with E-state index in [0.717, 1.165) is 18.4 Å². The van der Waals surface area contributed by atoms with Crippen LogP contribution in [0, 0.1) is 5.92 Å². The first-order chi connectivity index (χ1) is 17.6. The Morgan fingerprint density at radius 3 is 2.47 bits per heavy atom. The molecule has 0 unspecified atom stereocenters. The fraction of sp³-hybridized carbons (Fsp3) is 0.321. The summed E-state index contributed by atoms with van der Waals surface area (Å²) in [6, 6.07) is 15.4. The largest absolute Gasteiger partial charge is 0.493 e. The minimum atomic E-state index is -0.217. The lowest BCUT2D eigenvalue weighted by molar-refractivity contribution is -0.118. The molecule has 3 aromatic rings. The van der Waals surface area contributed by atoms with Crippen LogP contribution in [0.3, 0.4) is 0 Å². The van der Waals surface area contributed by atoms with E-state index in [-0.39, 0.29) is 24.3 Å². The average Bonchev–Trinajstić information content (AvgIpc) is 2.93. The van der Waals surface area contributed by atoms with Crippen LogP contribution < -0.4 is 19.5 Å². The molecule has 1 atom stereocenters. The number of rotatable bonds is 6. The molecule has 2 amide bonds. The van der Waals surface area contributed by atoms with Gasteiger partial charge in [-0.1, -0.05) is 6.07 Å². The number of hydrogen-bond acceptors (Lipinski definition) is 6. The van der Waals surface area contributed by atoms with Crippen LogP contribution in [0.25, 0.3) is 0 Å². The van der Waals surface area contributed by atoms with Crippen molar-refractivity contribution in [3.8, 4) is 17.2 Å². The normalized spacial score (nSPS) is 16.4. The number of nitrogens with one attached hydrogen (secondary N) is 1. The summed E-state index contributed by atoms with van der Waals surface area (Å²) in [5, 5.41) is 2.77. The molecule has 1 fully saturated rings. The number of piperidine rings is 1. The van der Waals surface area contributed by atoms with Gasteiger partial charge in [0.05, 0.1) is 19.9 Å². The van der Waals surface area contributed by atoms with E-state index in [0.29, 0.717) is 47.5 Å². The molecule has 1 N–H and O–H groups in total. The van der Waals surface area contributed by atoms with Crippen molar-refractivity contribution in [2.24, 2.45) is 5.92 Å². The predicted octanol–water partition coefficient (Wildman–Crippen LogP) is 4.11. The number of pyridine rings is 1. The van der Waals surface area contributed by atoms with Crippen LogP contribution in [0.4, 0.5) is 5.69 Å². The first kappa shape index (κ1) is 23.7. The van der Waals surface area contributed by atoms with Gasteiger partial charge < -0.3 is 24.4 Å². The zero-order valence-corrected chi connectivity index (χ0v) is 20.4. The van der Waals surface area contributed by atoms with Crippen molar-refractivity contribution >= 4 is 17.5 Å². The molecule has 0 bridgehead atoms. The Labute approximate surface area is 210 Å². The molecule has 0 aliphatic carbocycles. The second-order valence-electron chi connectivity index (χ2n) is 9.05. The highest BCUT2D eigenvalue weighted by Gasteiger charge is 2.32.